The minimum absolute atomic E-state index is 0.0333. The predicted molar refractivity (Wildman–Crippen MR) is 193 cm³/mol. The van der Waals surface area contributed by atoms with E-state index in [0.717, 1.165) is 38.8 Å². The van der Waals surface area contributed by atoms with Crippen LogP contribution in [0.2, 0.25) is 0 Å². The van der Waals surface area contributed by atoms with E-state index in [4.69, 9.17) is 4.42 Å². The van der Waals surface area contributed by atoms with Crippen LogP contribution in [-0.4, -0.2) is 11.3 Å². The summed E-state index contributed by atoms with van der Waals surface area (Å²) in [5.74, 6) is 0. The molecule has 0 spiro atoms. The summed E-state index contributed by atoms with van der Waals surface area (Å²) in [6.45, 7) is 0.0333. The molecular weight excluding hydrogens is 559 g/mol. The SMILES string of the molecule is c1ccc(-c2ccc3c(oc4ccccc43)c2N2c3ccccc3B3c4c(cccc42)-c2cccc4c5ccccc5n3c24)cc1. The Morgan fingerprint density at radius 2 is 1.20 bits per heavy atom. The molecule has 0 amide bonds. The zero-order valence-electron chi connectivity index (χ0n) is 24.8. The summed E-state index contributed by atoms with van der Waals surface area (Å²) in [5, 5.41) is 4.86. The van der Waals surface area contributed by atoms with Crippen molar-refractivity contribution in [3.63, 3.8) is 0 Å². The van der Waals surface area contributed by atoms with Crippen LogP contribution in [0.25, 0.3) is 66.0 Å². The van der Waals surface area contributed by atoms with Crippen molar-refractivity contribution in [3.8, 4) is 22.3 Å². The highest BCUT2D eigenvalue weighted by molar-refractivity contribution is 6.90. The summed E-state index contributed by atoms with van der Waals surface area (Å²) >= 11 is 0. The van der Waals surface area contributed by atoms with Crippen LogP contribution < -0.4 is 15.8 Å². The molecule has 0 fully saturated rings. The van der Waals surface area contributed by atoms with Crippen molar-refractivity contribution in [2.24, 2.45) is 0 Å². The maximum Gasteiger partial charge on any atom is 0.333 e. The average Bonchev–Trinajstić information content (AvgIpc) is 3.67. The van der Waals surface area contributed by atoms with Crippen molar-refractivity contribution in [2.75, 3.05) is 4.90 Å². The molecule has 2 aliphatic heterocycles. The van der Waals surface area contributed by atoms with Gasteiger partial charge in [0.05, 0.1) is 5.69 Å². The maximum absolute atomic E-state index is 6.83. The minimum atomic E-state index is 0.0333. The van der Waals surface area contributed by atoms with Gasteiger partial charge in [-0.3, -0.25) is 0 Å². The molecule has 212 valence electrons. The molecule has 3 nitrogen and oxygen atoms in total. The summed E-state index contributed by atoms with van der Waals surface area (Å²) < 4.78 is 9.43. The highest BCUT2D eigenvalue weighted by Gasteiger charge is 2.43. The molecule has 0 radical (unpaired) electrons. The van der Waals surface area contributed by atoms with Crippen molar-refractivity contribution in [1.29, 1.82) is 0 Å². The van der Waals surface area contributed by atoms with Gasteiger partial charge in [0.1, 0.15) is 5.58 Å². The Morgan fingerprint density at radius 1 is 0.478 bits per heavy atom. The predicted octanol–water partition coefficient (Wildman–Crippen LogP) is 9.78. The molecule has 0 saturated carbocycles. The standard InChI is InChI=1S/C42H25BN2O/c1-2-12-26(13-3-1)27-24-25-33-29-15-5-9-23-38(29)46-42(33)41(27)44-36-21-8-6-19-34(36)43-39-30(16-11-22-37(39)44)32-18-10-17-31-28-14-4-7-20-35(28)45(43)40(31)32/h1-25H. The molecule has 0 bridgehead atoms. The average molecular weight is 584 g/mol. The lowest BCUT2D eigenvalue weighted by atomic mass is 9.45. The third-order valence-electron chi connectivity index (χ3n) is 10.2. The molecule has 4 heteroatoms. The number of benzene rings is 7. The van der Waals surface area contributed by atoms with E-state index < -0.39 is 0 Å². The number of furan rings is 1. The fourth-order valence-corrected chi connectivity index (χ4v) is 8.37. The van der Waals surface area contributed by atoms with Crippen molar-refractivity contribution in [2.45, 2.75) is 0 Å². The van der Waals surface area contributed by atoms with Crippen LogP contribution in [0.3, 0.4) is 0 Å². The summed E-state index contributed by atoms with van der Waals surface area (Å²) in [5.41, 5.74) is 15.3. The van der Waals surface area contributed by atoms with Gasteiger partial charge in [-0.2, -0.15) is 0 Å². The smallest absolute Gasteiger partial charge is 0.333 e. The fraction of sp³-hybridized carbons (Fsp3) is 0. The fourth-order valence-electron chi connectivity index (χ4n) is 8.37. The van der Waals surface area contributed by atoms with Gasteiger partial charge in [-0.25, -0.2) is 0 Å². The van der Waals surface area contributed by atoms with Gasteiger partial charge in [0.2, 0.25) is 0 Å². The van der Waals surface area contributed by atoms with E-state index in [1.54, 1.807) is 0 Å². The van der Waals surface area contributed by atoms with Crippen LogP contribution in [-0.2, 0) is 0 Å². The second kappa shape index (κ2) is 8.80. The molecule has 11 rings (SSSR count). The second-order valence-corrected chi connectivity index (χ2v) is 12.4. The third kappa shape index (κ3) is 2.99. The lowest BCUT2D eigenvalue weighted by Crippen LogP contribution is -2.56. The zero-order chi connectivity index (χ0) is 29.9. The van der Waals surface area contributed by atoms with Crippen LogP contribution in [0.5, 0.6) is 0 Å². The summed E-state index contributed by atoms with van der Waals surface area (Å²) in [6.07, 6.45) is 0. The molecule has 0 N–H and O–H groups in total. The first-order chi connectivity index (χ1) is 22.9. The van der Waals surface area contributed by atoms with Crippen LogP contribution in [0.1, 0.15) is 0 Å². The van der Waals surface area contributed by atoms with Gasteiger partial charge in [-0.1, -0.05) is 121 Å². The Kier molecular flexibility index (Phi) is 4.66. The molecule has 0 atom stereocenters. The highest BCUT2D eigenvalue weighted by atomic mass is 16.3. The highest BCUT2D eigenvalue weighted by Crippen LogP contribution is 2.50. The number of anilines is 3. The number of nitrogens with zero attached hydrogens (tertiary/aromatic N) is 2. The Hall–Kier alpha value is -6.00. The van der Waals surface area contributed by atoms with Crippen LogP contribution >= 0.6 is 0 Å². The molecule has 4 heterocycles. The lowest BCUT2D eigenvalue weighted by molar-refractivity contribution is 0.669. The molecule has 0 saturated heterocycles. The van der Waals surface area contributed by atoms with E-state index in [1.165, 1.54) is 55.2 Å². The van der Waals surface area contributed by atoms with Gasteiger partial charge in [-0.15, -0.1) is 0 Å². The molecule has 0 unspecified atom stereocenters. The Bertz CT molecular complexity index is 2720. The van der Waals surface area contributed by atoms with E-state index in [9.17, 15) is 0 Å². The Morgan fingerprint density at radius 3 is 2.13 bits per heavy atom. The van der Waals surface area contributed by atoms with E-state index in [2.05, 4.69) is 161 Å². The Labute approximate surface area is 265 Å². The number of hydrogen-bond acceptors (Lipinski definition) is 2. The topological polar surface area (TPSA) is 21.3 Å². The number of aromatic nitrogens is 1. The normalized spacial score (nSPS) is 13.1. The minimum Gasteiger partial charge on any atom is -0.454 e. The zero-order valence-corrected chi connectivity index (χ0v) is 24.8. The first-order valence-corrected chi connectivity index (χ1v) is 15.9. The van der Waals surface area contributed by atoms with E-state index in [0.29, 0.717) is 0 Å². The Balaban J connectivity index is 1.31. The van der Waals surface area contributed by atoms with Gasteiger partial charge in [0.15, 0.2) is 5.58 Å². The van der Waals surface area contributed by atoms with Crippen LogP contribution in [0.15, 0.2) is 156 Å². The molecule has 46 heavy (non-hydrogen) atoms. The number of para-hydroxylation sites is 4. The quantitative estimate of drug-likeness (QED) is 0.189. The number of hydrogen-bond donors (Lipinski definition) is 0. The molecule has 9 aromatic rings. The third-order valence-corrected chi connectivity index (χ3v) is 10.2. The van der Waals surface area contributed by atoms with Gasteiger partial charge in [0, 0.05) is 55.1 Å². The molecular formula is C42H25BN2O. The summed E-state index contributed by atoms with van der Waals surface area (Å²) in [6, 6.07) is 55.1. The summed E-state index contributed by atoms with van der Waals surface area (Å²) in [7, 11) is 0. The maximum atomic E-state index is 6.83. The van der Waals surface area contributed by atoms with E-state index >= 15 is 0 Å². The van der Waals surface area contributed by atoms with Crippen LogP contribution in [0.4, 0.5) is 17.1 Å². The number of rotatable bonds is 2. The lowest BCUT2D eigenvalue weighted by Gasteiger charge is -2.40. The number of fused-ring (bicyclic) bond motifs is 10. The van der Waals surface area contributed by atoms with Crippen molar-refractivity contribution >= 4 is 78.6 Å². The van der Waals surface area contributed by atoms with Crippen molar-refractivity contribution < 1.29 is 4.42 Å². The largest absolute Gasteiger partial charge is 0.454 e. The molecule has 0 aliphatic carbocycles. The van der Waals surface area contributed by atoms with Crippen molar-refractivity contribution in [1.82, 2.24) is 4.48 Å². The second-order valence-electron chi connectivity index (χ2n) is 12.4. The molecule has 2 aliphatic rings. The van der Waals surface area contributed by atoms with Gasteiger partial charge in [0.25, 0.3) is 0 Å². The van der Waals surface area contributed by atoms with Gasteiger partial charge >= 0.3 is 6.85 Å². The molecule has 7 aromatic carbocycles. The first kappa shape index (κ1) is 24.3. The molecule has 2 aromatic heterocycles. The van der Waals surface area contributed by atoms with Gasteiger partial charge < -0.3 is 13.8 Å². The first-order valence-electron chi connectivity index (χ1n) is 15.9. The van der Waals surface area contributed by atoms with Gasteiger partial charge in [-0.05, 0) is 52.4 Å². The summed E-state index contributed by atoms with van der Waals surface area (Å²) in [4.78, 5) is 2.48. The van der Waals surface area contributed by atoms with Crippen molar-refractivity contribution in [3.05, 3.63) is 152 Å². The van der Waals surface area contributed by atoms with E-state index in [-0.39, 0.29) is 6.85 Å². The monoisotopic (exact) mass is 584 g/mol. The van der Waals surface area contributed by atoms with Crippen LogP contribution in [0, 0.1) is 0 Å². The van der Waals surface area contributed by atoms with E-state index in [1.807, 2.05) is 0 Å².